The van der Waals surface area contributed by atoms with Gasteiger partial charge in [0, 0.05) is 6.04 Å². The second-order valence-corrected chi connectivity index (χ2v) is 7.07. The molecule has 3 atom stereocenters. The molecule has 2 aliphatic carbocycles. The number of hydrogen-bond donors (Lipinski definition) is 2. The third kappa shape index (κ3) is 1.79. The summed E-state index contributed by atoms with van der Waals surface area (Å²) in [6.07, 6.45) is 5.55. The topological polar surface area (TPSA) is 56.2 Å². The Balaban J connectivity index is 2.03. The molecule has 2 N–H and O–H groups in total. The summed E-state index contributed by atoms with van der Waals surface area (Å²) in [4.78, 5) is 14.3. The van der Waals surface area contributed by atoms with E-state index in [2.05, 4.69) is 31.0 Å². The van der Waals surface area contributed by atoms with E-state index in [0.29, 0.717) is 29.6 Å². The number of hydrogen-bond acceptors (Lipinski definition) is 2. The maximum atomic E-state index is 12.3. The zero-order valence-electron chi connectivity index (χ0n) is 12.2. The lowest BCUT2D eigenvalue weighted by molar-refractivity contribution is 0.0475. The SMILES string of the molecule is CC1CCC(C(C)C)C2(C1)C(=N)NC(=O)N2C1CC1. The molecule has 19 heavy (non-hydrogen) atoms. The Hall–Kier alpha value is -1.06. The quantitative estimate of drug-likeness (QED) is 0.790. The Kier molecular flexibility index (Phi) is 2.88. The Morgan fingerprint density at radius 3 is 2.58 bits per heavy atom. The summed E-state index contributed by atoms with van der Waals surface area (Å²) in [6.45, 7) is 6.74. The number of nitrogens with one attached hydrogen (secondary N) is 2. The fourth-order valence-electron chi connectivity index (χ4n) is 4.34. The molecule has 2 saturated carbocycles. The van der Waals surface area contributed by atoms with Crippen LogP contribution in [-0.4, -0.2) is 28.3 Å². The minimum absolute atomic E-state index is 0.0211. The van der Waals surface area contributed by atoms with Gasteiger partial charge in [0.25, 0.3) is 0 Å². The van der Waals surface area contributed by atoms with E-state index in [4.69, 9.17) is 5.41 Å². The highest BCUT2D eigenvalue weighted by Crippen LogP contribution is 2.50. The summed E-state index contributed by atoms with van der Waals surface area (Å²) in [5, 5.41) is 11.2. The van der Waals surface area contributed by atoms with Gasteiger partial charge in [-0.2, -0.15) is 0 Å². The van der Waals surface area contributed by atoms with Crippen molar-refractivity contribution in [2.24, 2.45) is 17.8 Å². The van der Waals surface area contributed by atoms with Crippen LogP contribution in [0.5, 0.6) is 0 Å². The van der Waals surface area contributed by atoms with Crippen molar-refractivity contribution in [1.82, 2.24) is 10.2 Å². The first-order chi connectivity index (χ1) is 8.96. The monoisotopic (exact) mass is 263 g/mol. The highest BCUT2D eigenvalue weighted by atomic mass is 16.2. The van der Waals surface area contributed by atoms with Crippen LogP contribution in [0.15, 0.2) is 0 Å². The van der Waals surface area contributed by atoms with E-state index in [1.165, 1.54) is 6.42 Å². The second-order valence-electron chi connectivity index (χ2n) is 7.07. The molecule has 4 heteroatoms. The molecule has 0 aromatic rings. The van der Waals surface area contributed by atoms with Crippen molar-refractivity contribution in [3.63, 3.8) is 0 Å². The van der Waals surface area contributed by atoms with E-state index in [1.54, 1.807) is 0 Å². The van der Waals surface area contributed by atoms with Gasteiger partial charge in [0.15, 0.2) is 0 Å². The van der Waals surface area contributed by atoms with Crippen LogP contribution in [-0.2, 0) is 0 Å². The fraction of sp³-hybridized carbons (Fsp3) is 0.867. The molecule has 1 saturated heterocycles. The van der Waals surface area contributed by atoms with Crippen molar-refractivity contribution in [3.8, 4) is 0 Å². The predicted molar refractivity (Wildman–Crippen MR) is 75.2 cm³/mol. The maximum absolute atomic E-state index is 12.3. The molecule has 0 aromatic heterocycles. The predicted octanol–water partition coefficient (Wildman–Crippen LogP) is 2.98. The van der Waals surface area contributed by atoms with Crippen LogP contribution < -0.4 is 5.32 Å². The van der Waals surface area contributed by atoms with Crippen LogP contribution in [0.2, 0.25) is 0 Å². The van der Waals surface area contributed by atoms with Gasteiger partial charge in [0.2, 0.25) is 0 Å². The molecular formula is C15H25N3O. The van der Waals surface area contributed by atoms with Crippen LogP contribution in [0, 0.1) is 23.2 Å². The first-order valence-electron chi connectivity index (χ1n) is 7.66. The van der Waals surface area contributed by atoms with Gasteiger partial charge in [-0.05, 0) is 43.4 Å². The molecule has 0 aromatic carbocycles. The van der Waals surface area contributed by atoms with Crippen molar-refractivity contribution in [2.45, 2.75) is 64.5 Å². The van der Waals surface area contributed by atoms with E-state index >= 15 is 0 Å². The molecule has 1 spiro atoms. The van der Waals surface area contributed by atoms with Gasteiger partial charge in [-0.3, -0.25) is 10.7 Å². The normalized spacial score (nSPS) is 39.3. The van der Waals surface area contributed by atoms with E-state index in [-0.39, 0.29) is 11.6 Å². The van der Waals surface area contributed by atoms with Crippen molar-refractivity contribution in [1.29, 1.82) is 5.41 Å². The number of rotatable bonds is 2. The minimum Gasteiger partial charge on any atom is -0.308 e. The third-order valence-electron chi connectivity index (χ3n) is 5.27. The van der Waals surface area contributed by atoms with Crippen molar-refractivity contribution in [3.05, 3.63) is 0 Å². The molecule has 2 amide bonds. The van der Waals surface area contributed by atoms with E-state index in [0.717, 1.165) is 25.7 Å². The molecule has 0 radical (unpaired) electrons. The summed E-state index contributed by atoms with van der Waals surface area (Å²) in [7, 11) is 0. The van der Waals surface area contributed by atoms with Gasteiger partial charge < -0.3 is 4.90 Å². The van der Waals surface area contributed by atoms with Crippen LogP contribution >= 0.6 is 0 Å². The molecule has 3 unspecified atom stereocenters. The smallest absolute Gasteiger partial charge is 0.308 e. The van der Waals surface area contributed by atoms with E-state index in [9.17, 15) is 4.79 Å². The maximum Gasteiger partial charge on any atom is 0.323 e. The molecule has 106 valence electrons. The minimum atomic E-state index is -0.329. The molecule has 1 aliphatic heterocycles. The van der Waals surface area contributed by atoms with Gasteiger partial charge in [0.05, 0.1) is 0 Å². The number of urea groups is 1. The van der Waals surface area contributed by atoms with Gasteiger partial charge in [0.1, 0.15) is 11.4 Å². The summed E-state index contributed by atoms with van der Waals surface area (Å²) < 4.78 is 0. The van der Waals surface area contributed by atoms with Gasteiger partial charge in [-0.15, -0.1) is 0 Å². The van der Waals surface area contributed by atoms with E-state index < -0.39 is 0 Å². The third-order valence-corrected chi connectivity index (χ3v) is 5.27. The first-order valence-corrected chi connectivity index (χ1v) is 7.66. The van der Waals surface area contributed by atoms with Gasteiger partial charge in [-0.1, -0.05) is 27.2 Å². The number of carbonyl (C=O) groups excluding carboxylic acids is 1. The van der Waals surface area contributed by atoms with Crippen LogP contribution in [0.1, 0.15) is 52.9 Å². The molecule has 3 rings (SSSR count). The van der Waals surface area contributed by atoms with Gasteiger partial charge >= 0.3 is 6.03 Å². The number of amidine groups is 1. The number of amides is 2. The first kappa shape index (κ1) is 12.9. The molecule has 1 heterocycles. The van der Waals surface area contributed by atoms with Crippen molar-refractivity contribution >= 4 is 11.9 Å². The highest BCUT2D eigenvalue weighted by Gasteiger charge is 2.60. The highest BCUT2D eigenvalue weighted by molar-refractivity contribution is 6.09. The number of carbonyl (C=O) groups is 1. The lowest BCUT2D eigenvalue weighted by Gasteiger charge is -2.49. The molecule has 4 nitrogen and oxygen atoms in total. The van der Waals surface area contributed by atoms with Gasteiger partial charge in [-0.25, -0.2) is 4.79 Å². The van der Waals surface area contributed by atoms with Crippen LogP contribution in [0.3, 0.4) is 0 Å². The standard InChI is InChI=1S/C15H25N3O/c1-9(2)12-7-4-10(3)8-15(12)13(16)17-14(19)18(15)11-5-6-11/h9-12H,4-8H2,1-3H3,(H2,16,17,19). The summed E-state index contributed by atoms with van der Waals surface area (Å²) >= 11 is 0. The molecule has 3 fully saturated rings. The largest absolute Gasteiger partial charge is 0.323 e. The zero-order valence-corrected chi connectivity index (χ0v) is 12.2. The van der Waals surface area contributed by atoms with E-state index in [1.807, 2.05) is 0 Å². The Bertz CT molecular complexity index is 416. The molecular weight excluding hydrogens is 238 g/mol. The van der Waals surface area contributed by atoms with Crippen LogP contribution in [0.25, 0.3) is 0 Å². The van der Waals surface area contributed by atoms with Crippen LogP contribution in [0.4, 0.5) is 4.79 Å². The van der Waals surface area contributed by atoms with Crippen molar-refractivity contribution < 1.29 is 4.79 Å². The average molecular weight is 263 g/mol. The zero-order chi connectivity index (χ0) is 13.8. The molecule has 0 bridgehead atoms. The Morgan fingerprint density at radius 1 is 1.32 bits per heavy atom. The summed E-state index contributed by atoms with van der Waals surface area (Å²) in [5.41, 5.74) is -0.329. The summed E-state index contributed by atoms with van der Waals surface area (Å²) in [5.74, 6) is 2.01. The Morgan fingerprint density at radius 2 is 2.00 bits per heavy atom. The second kappa shape index (κ2) is 4.22. The average Bonchev–Trinajstić information content (AvgIpc) is 3.09. The lowest BCUT2D eigenvalue weighted by atomic mass is 9.64. The lowest BCUT2D eigenvalue weighted by Crippen LogP contribution is -2.59. The Labute approximate surface area is 115 Å². The number of nitrogens with zero attached hydrogens (tertiary/aromatic N) is 1. The fourth-order valence-corrected chi connectivity index (χ4v) is 4.34. The summed E-state index contributed by atoms with van der Waals surface area (Å²) in [6, 6.07) is 0.363. The molecule has 3 aliphatic rings. The van der Waals surface area contributed by atoms with Crippen molar-refractivity contribution in [2.75, 3.05) is 0 Å².